The number of hydrogen-bond acceptors (Lipinski definition) is 3. The van der Waals surface area contributed by atoms with Crippen LogP contribution in [0.2, 0.25) is 0 Å². The maximum atomic E-state index is 11.8. The van der Waals surface area contributed by atoms with E-state index in [9.17, 15) is 4.79 Å². The number of rotatable bonds is 2. The average molecular weight is 327 g/mol. The number of aromatic nitrogens is 1. The first-order valence-electron chi connectivity index (χ1n) is 8.71. The number of nitrogens with one attached hydrogen (secondary N) is 1. The highest BCUT2D eigenvalue weighted by Gasteiger charge is 2.46. The first-order chi connectivity index (χ1) is 11.5. The Morgan fingerprint density at radius 3 is 2.88 bits per heavy atom. The molecule has 4 rings (SSSR count). The fourth-order valence-corrected chi connectivity index (χ4v) is 4.25. The zero-order valence-electron chi connectivity index (χ0n) is 14.7. The maximum Gasteiger partial charge on any atom is 0.410 e. The van der Waals surface area contributed by atoms with E-state index in [2.05, 4.69) is 41.9 Å². The lowest BCUT2D eigenvalue weighted by molar-refractivity contribution is -0.0112. The normalized spacial score (nSPS) is 25.0. The first-order valence-corrected chi connectivity index (χ1v) is 8.71. The van der Waals surface area contributed by atoms with Crippen LogP contribution >= 0.6 is 0 Å². The van der Waals surface area contributed by atoms with Crippen molar-refractivity contribution in [2.24, 2.45) is 0 Å². The monoisotopic (exact) mass is 327 g/mol. The van der Waals surface area contributed by atoms with Crippen molar-refractivity contribution < 1.29 is 9.53 Å². The lowest BCUT2D eigenvalue weighted by Crippen LogP contribution is -2.50. The molecule has 2 fully saturated rings. The Hall–Kier alpha value is -2.01. The molecule has 128 valence electrons. The van der Waals surface area contributed by atoms with Gasteiger partial charge in [0.15, 0.2) is 0 Å². The van der Waals surface area contributed by atoms with Crippen molar-refractivity contribution in [1.82, 2.24) is 14.8 Å². The molecule has 24 heavy (non-hydrogen) atoms. The number of carbonyl (C=O) groups excluding carboxylic acids is 1. The number of amides is 1. The number of aryl methyl sites for hydroxylation is 2. The number of carbonyl (C=O) groups is 1. The number of hydrogen-bond donors (Lipinski definition) is 1. The molecule has 2 saturated heterocycles. The Morgan fingerprint density at radius 1 is 1.29 bits per heavy atom. The molecule has 5 nitrogen and oxygen atoms in total. The summed E-state index contributed by atoms with van der Waals surface area (Å²) in [5.74, 6) is 0. The summed E-state index contributed by atoms with van der Waals surface area (Å²) in [4.78, 5) is 19.5. The molecule has 1 N–H and O–H groups in total. The molecule has 5 heteroatoms. The molecule has 0 saturated carbocycles. The van der Waals surface area contributed by atoms with Gasteiger partial charge in [0, 0.05) is 31.2 Å². The average Bonchev–Trinajstić information content (AvgIpc) is 2.98. The minimum absolute atomic E-state index is 0.186. The highest BCUT2D eigenvalue weighted by molar-refractivity contribution is 5.87. The Bertz CT molecular complexity index is 797. The molecule has 1 amide bonds. The van der Waals surface area contributed by atoms with E-state index in [0.717, 1.165) is 32.5 Å². The molecule has 0 aliphatic carbocycles. The van der Waals surface area contributed by atoms with Gasteiger partial charge in [0.1, 0.15) is 5.60 Å². The van der Waals surface area contributed by atoms with Crippen molar-refractivity contribution in [2.75, 3.05) is 26.7 Å². The standard InChI is InChI=1S/C19H25N3O2/c1-13-14(2)20-17-15(6-4-7-16(13)17)10-22-9-5-8-19(12-22)11-21(3)18(23)24-19/h4,6-7,20H,5,8-12H2,1-3H3/t19-/m1/s1. The van der Waals surface area contributed by atoms with Gasteiger partial charge in [-0.05, 0) is 44.4 Å². The quantitative estimate of drug-likeness (QED) is 0.921. The highest BCUT2D eigenvalue weighted by atomic mass is 16.6. The molecule has 0 bridgehead atoms. The first kappa shape index (κ1) is 15.5. The van der Waals surface area contributed by atoms with Crippen LogP contribution < -0.4 is 0 Å². The second kappa shape index (κ2) is 5.52. The van der Waals surface area contributed by atoms with Crippen molar-refractivity contribution in [2.45, 2.75) is 38.8 Å². The number of para-hydroxylation sites is 1. The van der Waals surface area contributed by atoms with E-state index in [1.165, 1.54) is 27.7 Å². The molecule has 2 aliphatic heterocycles. The zero-order chi connectivity index (χ0) is 16.9. The predicted molar refractivity (Wildman–Crippen MR) is 94.1 cm³/mol. The van der Waals surface area contributed by atoms with E-state index in [-0.39, 0.29) is 11.7 Å². The molecule has 1 spiro atoms. The van der Waals surface area contributed by atoms with E-state index in [1.54, 1.807) is 4.90 Å². The number of nitrogens with zero attached hydrogens (tertiary/aromatic N) is 2. The van der Waals surface area contributed by atoms with Gasteiger partial charge in [-0.3, -0.25) is 4.90 Å². The van der Waals surface area contributed by atoms with Gasteiger partial charge in [-0.2, -0.15) is 0 Å². The fraction of sp³-hybridized carbons (Fsp3) is 0.526. The summed E-state index contributed by atoms with van der Waals surface area (Å²) >= 11 is 0. The van der Waals surface area contributed by atoms with Crippen LogP contribution in [0.1, 0.15) is 29.7 Å². The predicted octanol–water partition coefficient (Wildman–Crippen LogP) is 3.20. The van der Waals surface area contributed by atoms with E-state index in [4.69, 9.17) is 4.74 Å². The number of fused-ring (bicyclic) bond motifs is 1. The van der Waals surface area contributed by atoms with Crippen LogP contribution in [-0.4, -0.2) is 53.2 Å². The summed E-state index contributed by atoms with van der Waals surface area (Å²) in [6, 6.07) is 6.52. The number of piperidine rings is 1. The molecule has 3 heterocycles. The third kappa shape index (κ3) is 2.47. The Morgan fingerprint density at radius 2 is 2.12 bits per heavy atom. The summed E-state index contributed by atoms with van der Waals surface area (Å²) in [6.45, 7) is 7.76. The van der Waals surface area contributed by atoms with Gasteiger partial charge in [0.05, 0.1) is 12.1 Å². The topological polar surface area (TPSA) is 48.6 Å². The lowest BCUT2D eigenvalue weighted by Gasteiger charge is -2.38. The smallest absolute Gasteiger partial charge is 0.410 e. The van der Waals surface area contributed by atoms with Gasteiger partial charge >= 0.3 is 6.09 Å². The van der Waals surface area contributed by atoms with Crippen LogP contribution in [0, 0.1) is 13.8 Å². The minimum atomic E-state index is -0.320. The van der Waals surface area contributed by atoms with E-state index in [1.807, 2.05) is 7.05 Å². The lowest BCUT2D eigenvalue weighted by atomic mass is 9.92. The van der Waals surface area contributed by atoms with Crippen molar-refractivity contribution in [1.29, 1.82) is 0 Å². The summed E-state index contributed by atoms with van der Waals surface area (Å²) < 4.78 is 5.72. The van der Waals surface area contributed by atoms with E-state index in [0.29, 0.717) is 6.54 Å². The molecule has 0 unspecified atom stereocenters. The Labute approximate surface area is 142 Å². The second-order valence-corrected chi connectivity index (χ2v) is 7.44. The van der Waals surface area contributed by atoms with Gasteiger partial charge in [-0.15, -0.1) is 0 Å². The van der Waals surface area contributed by atoms with E-state index >= 15 is 0 Å². The van der Waals surface area contributed by atoms with Crippen LogP contribution in [0.25, 0.3) is 10.9 Å². The Kier molecular flexibility index (Phi) is 3.57. The molecule has 0 radical (unpaired) electrons. The molecule has 1 aromatic carbocycles. The van der Waals surface area contributed by atoms with Crippen LogP contribution in [0.3, 0.4) is 0 Å². The maximum absolute atomic E-state index is 11.8. The number of likely N-dealkylation sites (tertiary alicyclic amines) is 1. The van der Waals surface area contributed by atoms with Crippen molar-refractivity contribution in [3.8, 4) is 0 Å². The van der Waals surface area contributed by atoms with Crippen molar-refractivity contribution >= 4 is 17.0 Å². The SMILES string of the molecule is Cc1[nH]c2c(CN3CCC[C@]4(C3)CN(C)C(=O)O4)cccc2c1C. The second-order valence-electron chi connectivity index (χ2n) is 7.44. The van der Waals surface area contributed by atoms with Gasteiger partial charge in [0.25, 0.3) is 0 Å². The van der Waals surface area contributed by atoms with Crippen LogP contribution in [0.4, 0.5) is 4.79 Å². The van der Waals surface area contributed by atoms with Crippen LogP contribution in [-0.2, 0) is 11.3 Å². The fourth-order valence-electron chi connectivity index (χ4n) is 4.25. The largest absolute Gasteiger partial charge is 0.440 e. The van der Waals surface area contributed by atoms with Crippen molar-refractivity contribution in [3.63, 3.8) is 0 Å². The number of likely N-dealkylation sites (N-methyl/N-ethyl adjacent to an activating group) is 1. The number of aromatic amines is 1. The number of H-pyrrole nitrogens is 1. The van der Waals surface area contributed by atoms with Gasteiger partial charge < -0.3 is 14.6 Å². The number of benzene rings is 1. The summed E-state index contributed by atoms with van der Waals surface area (Å²) in [6.07, 6.45) is 1.85. The molecule has 2 aromatic rings. The molecule has 1 atom stereocenters. The highest BCUT2D eigenvalue weighted by Crippen LogP contribution is 2.33. The summed E-state index contributed by atoms with van der Waals surface area (Å²) in [5, 5.41) is 1.31. The van der Waals surface area contributed by atoms with Gasteiger partial charge in [0.2, 0.25) is 0 Å². The Balaban J connectivity index is 1.58. The number of ether oxygens (including phenoxy) is 1. The summed E-state index contributed by atoms with van der Waals surface area (Å²) in [7, 11) is 1.82. The molecule has 1 aromatic heterocycles. The van der Waals surface area contributed by atoms with Crippen molar-refractivity contribution in [3.05, 3.63) is 35.0 Å². The minimum Gasteiger partial charge on any atom is -0.440 e. The van der Waals surface area contributed by atoms with Gasteiger partial charge in [-0.1, -0.05) is 18.2 Å². The zero-order valence-corrected chi connectivity index (χ0v) is 14.7. The third-order valence-corrected chi connectivity index (χ3v) is 5.58. The summed E-state index contributed by atoms with van der Waals surface area (Å²) in [5.41, 5.74) is 4.80. The third-order valence-electron chi connectivity index (χ3n) is 5.58. The molecular weight excluding hydrogens is 302 g/mol. The van der Waals surface area contributed by atoms with Crippen LogP contribution in [0.15, 0.2) is 18.2 Å². The van der Waals surface area contributed by atoms with Crippen LogP contribution in [0.5, 0.6) is 0 Å². The molecular formula is C19H25N3O2. The molecule has 2 aliphatic rings. The van der Waals surface area contributed by atoms with E-state index < -0.39 is 0 Å². The van der Waals surface area contributed by atoms with Gasteiger partial charge in [-0.25, -0.2) is 4.79 Å².